The summed E-state index contributed by atoms with van der Waals surface area (Å²) in [5.41, 5.74) is 7.45. The molecule has 0 unspecified atom stereocenters. The van der Waals surface area contributed by atoms with Crippen LogP contribution in [0.3, 0.4) is 0 Å². The van der Waals surface area contributed by atoms with Crippen LogP contribution in [0.15, 0.2) is 233 Å². The van der Waals surface area contributed by atoms with Crippen LogP contribution in [-0.2, 0) is 79.9 Å². The fraction of sp³-hybridized carbons (Fsp3) is 0.342. The fourth-order valence-electron chi connectivity index (χ4n) is 15.0. The average Bonchev–Trinajstić information content (AvgIpc) is 0.831. The van der Waals surface area contributed by atoms with Crippen molar-refractivity contribution in [2.45, 2.75) is 216 Å². The van der Waals surface area contributed by atoms with Crippen molar-refractivity contribution >= 4 is 112 Å². The first-order valence-electron chi connectivity index (χ1n) is 45.7. The van der Waals surface area contributed by atoms with E-state index in [-0.39, 0.29) is 42.3 Å². The minimum atomic E-state index is -1.56. The number of carbonyl (C=O) groups is 8. The number of ether oxygens (including phenoxy) is 8. The molecule has 744 valence electrons. The molecule has 12 aromatic rings. The second-order valence-electron chi connectivity index (χ2n) is 36.6. The number of hydrogen-bond acceptors (Lipinski definition) is 20. The van der Waals surface area contributed by atoms with Gasteiger partial charge in [0.05, 0.1) is 61.4 Å². The first-order valence-corrected chi connectivity index (χ1v) is 62.3. The van der Waals surface area contributed by atoms with Crippen LogP contribution in [-0.4, -0.2) is 117 Å². The summed E-state index contributed by atoms with van der Waals surface area (Å²) < 4.78 is 127. The van der Waals surface area contributed by atoms with Crippen molar-refractivity contribution in [2.75, 3.05) is 28.4 Å². The summed E-state index contributed by atoms with van der Waals surface area (Å²) in [5.74, 6) is -4.64. The van der Waals surface area contributed by atoms with E-state index in [1.165, 1.54) is 119 Å². The number of hydrogen-bond donors (Lipinski definition) is 0. The second-order valence-corrected chi connectivity index (χ2v) is 52.5. The Bertz CT molecular complexity index is 6110. The summed E-state index contributed by atoms with van der Waals surface area (Å²) in [5, 5.41) is 0. The van der Waals surface area contributed by atoms with Crippen LogP contribution < -0.4 is 0 Å². The van der Waals surface area contributed by atoms with Crippen LogP contribution in [0.25, 0.3) is 44.5 Å². The average molecular weight is 2280 g/mol. The number of benzene rings is 8. The molecule has 0 aliphatic heterocycles. The number of carbonyl (C=O) groups excluding carboxylic acids is 8. The van der Waals surface area contributed by atoms with Gasteiger partial charge in [0.15, 0.2) is 4.67 Å². The van der Waals surface area contributed by atoms with Crippen LogP contribution >= 0.6 is 45.5 Å². The number of esters is 8. The zero-order valence-corrected chi connectivity index (χ0v) is 94.1. The molecule has 8 aromatic carbocycles. The van der Waals surface area contributed by atoms with Crippen molar-refractivity contribution < 1.29 is 128 Å². The standard InChI is InChI=1S/C27H29FO5.C24H22BrFO5.C24H23FO5.C18H18FO2.C6H5BrO3.4C3H7.BrH.Sn.Zn/c1-6-9-23-19(16-24(32-23)26(30)31-5)14-18-13-12-17(15-22(18)28)20-10-7-8-11-21(20)25(29)33-27(2,3)4;1-24(2,3)31-22(27)18-8-6-5-7-17(18)14-9-10-15(19(26)12-14)11-16-13-20(23(28)29-4)30-21(16)25;1-24(2,3)30-22(26)19-8-6-5-7-18(19)16-9-10-17(20(25)13-16)11-15-12-21(29-14-15)23(27)28-4;1-12-9-10-13(11-16(12)19)14-7-5-6-8-15(14)17(20)21-18(2,3)4;1-9-6(8)5-2-4(7)3-10-5;4*1-3-2;;;/h7-8,10-13,15-16H,6,9,14H2,1-5H3;5-10,12-13H,11H2,1-4H3;5-10,12-14H,11H2,1-4H3;5-11H,1H2,2-4H3;2-3H,1H3;4*1,3H2,2H3;1H;;/q;;;-1;;;;;;;;+2/p-1. The normalized spacial score (nSPS) is 11.1. The molecule has 0 amide bonds. The van der Waals surface area contributed by atoms with Gasteiger partial charge in [-0.3, -0.25) is 4.39 Å². The molecule has 12 rings (SSSR count). The van der Waals surface area contributed by atoms with E-state index in [1.54, 1.807) is 238 Å². The summed E-state index contributed by atoms with van der Waals surface area (Å²) in [7, 11) is 5.11. The molecule has 0 fully saturated rings. The van der Waals surface area contributed by atoms with E-state index in [9.17, 15) is 51.5 Å². The Balaban J connectivity index is 0.000000266. The maximum absolute atomic E-state index is 15.1. The van der Waals surface area contributed by atoms with Crippen molar-refractivity contribution in [1.29, 1.82) is 0 Å². The van der Waals surface area contributed by atoms with E-state index in [0.717, 1.165) is 16.5 Å². The Morgan fingerprint density at radius 2 is 0.643 bits per heavy atom. The number of halogens is 7. The first kappa shape index (κ1) is 118. The van der Waals surface area contributed by atoms with Gasteiger partial charge < -0.3 is 55.6 Å². The molecular formula is C111H125Br3F4O20SnZn. The SMILES string of the molecule is CCCc1oc(C(=O)OC)cc1Cc1ccc(-c2ccccc2C(=O)OC(C)(C)C)cc1F.CC[CH2][Sn]([CH2]CC)([CH2]CC)[CH2]CC.COC(=O)c1cc(Br)co1.COC(=O)c1cc(Cc2ccc(-c3ccccc3C(=O)OC(C)(C)C)cc2F)c(Br)o1.COC(=O)c1cc(Cc2ccc(-c3ccccc3C(=O)OC(C)(C)C)cc2F)co1.[CH2-]c1ccc(-c2ccccc2C(=O)OC(C)(C)C)cc1F.[Zn+][Br]. The third-order valence-corrected chi connectivity index (χ3v) is 39.7. The van der Waals surface area contributed by atoms with Gasteiger partial charge in [-0.15, -0.1) is 6.07 Å². The number of furan rings is 4. The number of methoxy groups -OCH3 is 4. The van der Waals surface area contributed by atoms with Crippen LogP contribution in [0.2, 0.25) is 17.7 Å². The van der Waals surface area contributed by atoms with E-state index in [1.807, 2.05) is 27.7 Å². The van der Waals surface area contributed by atoms with Crippen molar-refractivity contribution in [3.63, 3.8) is 0 Å². The van der Waals surface area contributed by atoms with Crippen molar-refractivity contribution in [1.82, 2.24) is 0 Å². The molecule has 0 aliphatic rings. The van der Waals surface area contributed by atoms with Crippen LogP contribution in [0.1, 0.15) is 278 Å². The van der Waals surface area contributed by atoms with E-state index < -0.39 is 112 Å². The first-order chi connectivity index (χ1) is 66.1. The molecule has 0 aliphatic carbocycles. The molecule has 4 heterocycles. The van der Waals surface area contributed by atoms with E-state index in [0.29, 0.717) is 117 Å². The van der Waals surface area contributed by atoms with Gasteiger partial charge in [-0.25, -0.2) is 51.5 Å². The predicted octanol–water partition coefficient (Wildman–Crippen LogP) is 30.3. The van der Waals surface area contributed by atoms with Gasteiger partial charge >= 0.3 is 167 Å². The summed E-state index contributed by atoms with van der Waals surface area (Å²) >= 11 is 9.07. The Morgan fingerprint density at radius 1 is 0.343 bits per heavy atom. The van der Waals surface area contributed by atoms with Crippen LogP contribution in [0.4, 0.5) is 17.6 Å². The molecular weight excluding hydrogens is 2150 g/mol. The van der Waals surface area contributed by atoms with Crippen molar-refractivity contribution in [3.05, 3.63) is 336 Å². The van der Waals surface area contributed by atoms with E-state index >= 15 is 4.39 Å². The van der Waals surface area contributed by atoms with Crippen molar-refractivity contribution in [3.8, 4) is 44.5 Å². The zero-order chi connectivity index (χ0) is 104. The maximum atomic E-state index is 15.1. The Kier molecular flexibility index (Phi) is 47.2. The predicted molar refractivity (Wildman–Crippen MR) is 546 cm³/mol. The van der Waals surface area contributed by atoms with Gasteiger partial charge in [-0.1, -0.05) is 122 Å². The molecule has 4 aromatic heterocycles. The monoisotopic (exact) mass is 2270 g/mol. The fourth-order valence-corrected chi connectivity index (χ4v) is 32.1. The van der Waals surface area contributed by atoms with Gasteiger partial charge in [0.1, 0.15) is 51.9 Å². The Hall–Kier alpha value is -10.9. The summed E-state index contributed by atoms with van der Waals surface area (Å²) in [6.07, 6.45) is 10.8. The summed E-state index contributed by atoms with van der Waals surface area (Å²) in [4.78, 5) is 95.8. The quantitative estimate of drug-likeness (QED) is 0.0145. The molecule has 0 saturated heterocycles. The molecule has 0 N–H and O–H groups in total. The number of aryl methyl sites for hydroxylation is 1. The second kappa shape index (κ2) is 56.1. The molecule has 0 radical (unpaired) electrons. The van der Waals surface area contributed by atoms with Gasteiger partial charge in [-0.2, -0.15) is 18.6 Å². The van der Waals surface area contributed by atoms with Gasteiger partial charge in [0.25, 0.3) is 0 Å². The topological polar surface area (TPSA) is 263 Å². The molecule has 0 saturated carbocycles. The summed E-state index contributed by atoms with van der Waals surface area (Å²) in [6.45, 7) is 36.7. The van der Waals surface area contributed by atoms with Gasteiger partial charge in [-0.05, 0) is 254 Å². The molecule has 140 heavy (non-hydrogen) atoms. The number of rotatable bonds is 28. The van der Waals surface area contributed by atoms with Crippen LogP contribution in [0, 0.1) is 30.2 Å². The molecule has 0 atom stereocenters. The molecule has 29 heteroatoms. The zero-order valence-electron chi connectivity index (χ0n) is 83.5. The van der Waals surface area contributed by atoms with E-state index in [4.69, 9.17) is 41.4 Å². The Labute approximate surface area is 857 Å². The van der Waals surface area contributed by atoms with Crippen molar-refractivity contribution in [2.24, 2.45) is 0 Å². The third-order valence-electron chi connectivity index (χ3n) is 20.8. The third kappa shape index (κ3) is 36.9. The summed E-state index contributed by atoms with van der Waals surface area (Å²) in [6, 6.07) is 53.3. The molecule has 20 nitrogen and oxygen atoms in total. The van der Waals surface area contributed by atoms with Crippen LogP contribution in [0.5, 0.6) is 0 Å². The van der Waals surface area contributed by atoms with E-state index in [2.05, 4.69) is 94.3 Å². The van der Waals surface area contributed by atoms with Gasteiger partial charge in [0, 0.05) is 43.1 Å². The minimum absolute atomic E-state index is 0.0349. The van der Waals surface area contributed by atoms with Gasteiger partial charge in [0.2, 0.25) is 23.0 Å². The molecule has 0 spiro atoms. The Morgan fingerprint density at radius 3 is 0.957 bits per heavy atom. The molecule has 0 bridgehead atoms.